The molecule has 172 valence electrons. The minimum atomic E-state index is -1.13. The molecule has 5 rings (SSSR count). The van der Waals surface area contributed by atoms with Crippen LogP contribution in [0.15, 0.2) is 6.20 Å². The van der Waals surface area contributed by atoms with Crippen molar-refractivity contribution in [1.82, 2.24) is 9.78 Å². The van der Waals surface area contributed by atoms with Crippen LogP contribution in [0.3, 0.4) is 0 Å². The Bertz CT molecular complexity index is 865. The fourth-order valence-corrected chi connectivity index (χ4v) is 8.50. The van der Waals surface area contributed by atoms with Crippen molar-refractivity contribution < 1.29 is 14.3 Å². The second-order valence-corrected chi connectivity index (χ2v) is 12.1. The van der Waals surface area contributed by atoms with Gasteiger partial charge in [-0.2, -0.15) is 5.10 Å². The van der Waals surface area contributed by atoms with Crippen LogP contribution in [0.2, 0.25) is 5.02 Å². The molecule has 0 aromatic carbocycles. The van der Waals surface area contributed by atoms with Crippen molar-refractivity contribution in [2.45, 2.75) is 96.4 Å². The van der Waals surface area contributed by atoms with Crippen molar-refractivity contribution in [1.29, 1.82) is 0 Å². The minimum absolute atomic E-state index is 0.00603. The zero-order chi connectivity index (χ0) is 22.2. The number of ketones is 1. The van der Waals surface area contributed by atoms with E-state index in [1.807, 2.05) is 13.8 Å². The summed E-state index contributed by atoms with van der Waals surface area (Å²) >= 11 is 6.13. The molecular formula is C25H36ClFN2O2. The van der Waals surface area contributed by atoms with Crippen LogP contribution in [0.5, 0.6) is 0 Å². The highest BCUT2D eigenvalue weighted by atomic mass is 35.5. The predicted octanol–water partition coefficient (Wildman–Crippen LogP) is 5.53. The van der Waals surface area contributed by atoms with Gasteiger partial charge in [0, 0.05) is 12.1 Å². The normalized spacial score (nSPS) is 46.8. The Morgan fingerprint density at radius 2 is 1.97 bits per heavy atom. The summed E-state index contributed by atoms with van der Waals surface area (Å²) in [5.74, 6) is 1.18. The number of hydrogen-bond acceptors (Lipinski definition) is 3. The monoisotopic (exact) mass is 450 g/mol. The summed E-state index contributed by atoms with van der Waals surface area (Å²) in [6, 6.07) is 0. The maximum Gasteiger partial charge on any atom is 0.157 e. The van der Waals surface area contributed by atoms with Crippen molar-refractivity contribution in [2.75, 3.05) is 0 Å². The largest absolute Gasteiger partial charge is 0.390 e. The number of carbonyl (C=O) groups is 1. The number of alkyl halides is 1. The lowest BCUT2D eigenvalue weighted by Gasteiger charge is -2.59. The number of fused-ring (bicyclic) bond motifs is 5. The molecule has 31 heavy (non-hydrogen) atoms. The number of aliphatic hydroxyl groups is 1. The Hall–Kier alpha value is -0.940. The first-order valence-corrected chi connectivity index (χ1v) is 12.5. The Morgan fingerprint density at radius 3 is 2.68 bits per heavy atom. The van der Waals surface area contributed by atoms with Crippen LogP contribution in [-0.4, -0.2) is 31.9 Å². The molecule has 1 aromatic rings. The molecule has 0 aliphatic heterocycles. The van der Waals surface area contributed by atoms with Gasteiger partial charge < -0.3 is 5.11 Å². The van der Waals surface area contributed by atoms with E-state index < -0.39 is 11.3 Å². The molecular weight excluding hydrogens is 415 g/mol. The van der Waals surface area contributed by atoms with Gasteiger partial charge in [0.05, 0.1) is 22.9 Å². The Kier molecular flexibility index (Phi) is 5.14. The molecule has 4 nitrogen and oxygen atoms in total. The number of halogens is 2. The highest BCUT2D eigenvalue weighted by molar-refractivity contribution is 6.31. The number of aryl methyl sites for hydroxylation is 1. The van der Waals surface area contributed by atoms with Crippen molar-refractivity contribution in [2.24, 2.45) is 35.0 Å². The van der Waals surface area contributed by atoms with Crippen LogP contribution in [0.4, 0.5) is 4.39 Å². The number of nitrogens with zero attached hydrogens (tertiary/aromatic N) is 2. The summed E-state index contributed by atoms with van der Waals surface area (Å²) in [7, 11) is 0. The fourth-order valence-electron chi connectivity index (χ4n) is 8.35. The zero-order valence-corrected chi connectivity index (χ0v) is 19.8. The fraction of sp³-hybridized carbons (Fsp3) is 0.840. The van der Waals surface area contributed by atoms with Gasteiger partial charge in [-0.05, 0) is 101 Å². The lowest BCUT2D eigenvalue weighted by atomic mass is 9.48. The first-order valence-electron chi connectivity index (χ1n) is 12.2. The van der Waals surface area contributed by atoms with Gasteiger partial charge in [0.15, 0.2) is 5.78 Å². The van der Waals surface area contributed by atoms with Crippen LogP contribution in [-0.2, 0) is 11.3 Å². The van der Waals surface area contributed by atoms with Crippen molar-refractivity contribution >= 4 is 17.4 Å². The molecule has 8 atom stereocenters. The van der Waals surface area contributed by atoms with Crippen LogP contribution in [0.25, 0.3) is 0 Å². The van der Waals surface area contributed by atoms with Crippen LogP contribution < -0.4 is 0 Å². The SMILES string of the molecule is Cc1nn(CC(=O)[C@H]2CC[C@H]3[C@@H]4CC[C@@H]5C[C@](C)(O)CC[C@]5(F)[C@H]4CC[C@]23C)cc1Cl. The summed E-state index contributed by atoms with van der Waals surface area (Å²) in [4.78, 5) is 13.3. The molecule has 4 saturated carbocycles. The Balaban J connectivity index is 1.34. The minimum Gasteiger partial charge on any atom is -0.390 e. The highest BCUT2D eigenvalue weighted by Gasteiger charge is 2.63. The molecule has 4 fully saturated rings. The van der Waals surface area contributed by atoms with Crippen LogP contribution in [0, 0.1) is 41.9 Å². The Labute approximate surface area is 189 Å². The van der Waals surface area contributed by atoms with Gasteiger partial charge in [0.2, 0.25) is 0 Å². The molecule has 1 N–H and O–H groups in total. The first kappa shape index (κ1) is 21.9. The molecule has 0 unspecified atom stereocenters. The summed E-state index contributed by atoms with van der Waals surface area (Å²) in [6.45, 7) is 6.30. The summed E-state index contributed by atoms with van der Waals surface area (Å²) < 4.78 is 18.1. The van der Waals surface area contributed by atoms with E-state index in [-0.39, 0.29) is 35.5 Å². The molecule has 0 amide bonds. The molecule has 0 radical (unpaired) electrons. The van der Waals surface area contributed by atoms with E-state index >= 15 is 4.39 Å². The van der Waals surface area contributed by atoms with E-state index in [0.29, 0.717) is 36.1 Å². The van der Waals surface area contributed by atoms with Gasteiger partial charge in [-0.15, -0.1) is 0 Å². The lowest BCUT2D eigenvalue weighted by molar-refractivity contribution is -0.166. The van der Waals surface area contributed by atoms with E-state index in [9.17, 15) is 9.90 Å². The molecule has 4 aliphatic rings. The smallest absolute Gasteiger partial charge is 0.157 e. The molecule has 1 aromatic heterocycles. The van der Waals surface area contributed by atoms with E-state index in [4.69, 9.17) is 11.6 Å². The van der Waals surface area contributed by atoms with Gasteiger partial charge in [-0.25, -0.2) is 4.39 Å². The van der Waals surface area contributed by atoms with Crippen LogP contribution in [0.1, 0.15) is 77.3 Å². The lowest BCUT2D eigenvalue weighted by Crippen LogP contribution is -2.58. The summed E-state index contributed by atoms with van der Waals surface area (Å²) in [5.41, 5.74) is -1.12. The van der Waals surface area contributed by atoms with Gasteiger partial charge >= 0.3 is 0 Å². The van der Waals surface area contributed by atoms with Gasteiger partial charge in [0.25, 0.3) is 0 Å². The predicted molar refractivity (Wildman–Crippen MR) is 119 cm³/mol. The molecule has 0 spiro atoms. The summed E-state index contributed by atoms with van der Waals surface area (Å²) in [6.07, 6.45) is 9.09. The number of Topliss-reactive ketones (excluding diaryl/α,β-unsaturated/α-hetero) is 1. The second kappa shape index (κ2) is 7.28. The first-order chi connectivity index (χ1) is 14.5. The Morgan fingerprint density at radius 1 is 1.19 bits per heavy atom. The maximum absolute atomic E-state index is 16.5. The van der Waals surface area contributed by atoms with Gasteiger partial charge in [0.1, 0.15) is 5.67 Å². The topological polar surface area (TPSA) is 55.1 Å². The third-order valence-corrected chi connectivity index (χ3v) is 10.3. The highest BCUT2D eigenvalue weighted by Crippen LogP contribution is 2.66. The molecule has 6 heteroatoms. The average molecular weight is 451 g/mol. The number of hydrogen-bond donors (Lipinski definition) is 1. The van der Waals surface area contributed by atoms with Gasteiger partial charge in [-0.1, -0.05) is 18.5 Å². The maximum atomic E-state index is 16.5. The van der Waals surface area contributed by atoms with E-state index in [1.54, 1.807) is 10.9 Å². The van der Waals surface area contributed by atoms with Crippen LogP contribution >= 0.6 is 11.6 Å². The van der Waals surface area contributed by atoms with E-state index in [1.165, 1.54) is 0 Å². The average Bonchev–Trinajstić information content (AvgIpc) is 3.20. The molecule has 0 bridgehead atoms. The number of aromatic nitrogens is 2. The molecule has 4 aliphatic carbocycles. The molecule has 0 saturated heterocycles. The number of carbonyl (C=O) groups excluding carboxylic acids is 1. The third-order valence-electron chi connectivity index (χ3n) is 9.91. The van der Waals surface area contributed by atoms with Crippen molar-refractivity contribution in [3.8, 4) is 0 Å². The van der Waals surface area contributed by atoms with E-state index in [0.717, 1.165) is 44.2 Å². The van der Waals surface area contributed by atoms with Gasteiger partial charge in [-0.3, -0.25) is 9.48 Å². The number of rotatable bonds is 3. The van der Waals surface area contributed by atoms with Crippen molar-refractivity contribution in [3.05, 3.63) is 16.9 Å². The van der Waals surface area contributed by atoms with E-state index in [2.05, 4.69) is 12.0 Å². The second-order valence-electron chi connectivity index (χ2n) is 11.7. The summed E-state index contributed by atoms with van der Waals surface area (Å²) in [5, 5.41) is 15.5. The van der Waals surface area contributed by atoms with Crippen molar-refractivity contribution in [3.63, 3.8) is 0 Å². The molecule has 1 heterocycles. The quantitative estimate of drug-likeness (QED) is 0.659. The standard InChI is InChI=1S/C25H36ClFN2O2/c1-15-21(26)13-29(28-15)14-22(30)20-7-6-18-17-5-4-16-12-23(2,31)10-11-25(16,27)19(17)8-9-24(18,20)3/h13,16-20,31H,4-12,14H2,1-3H3/t16-,17+,18+,19+,20-,23-,24+,25-/m1/s1. The zero-order valence-electron chi connectivity index (χ0n) is 19.0. The third kappa shape index (κ3) is 3.40.